The highest BCUT2D eigenvalue weighted by Gasteiger charge is 2.30. The van der Waals surface area contributed by atoms with Gasteiger partial charge in [0, 0.05) is 39.3 Å². The standard InChI is InChI=1S/C18H25FN2O3/c1-2-24-10-4-9-20-18(23)15-7-8-17(22)21(13-15)12-14-5-3-6-16(19)11-14/h3,5-6,11,15H,2,4,7-10,12-13H2,1H3,(H,20,23)/t15-/m0/s1. The molecule has 1 aromatic rings. The zero-order valence-electron chi connectivity index (χ0n) is 14.1. The fourth-order valence-corrected chi connectivity index (χ4v) is 2.81. The van der Waals surface area contributed by atoms with E-state index in [0.717, 1.165) is 12.0 Å². The summed E-state index contributed by atoms with van der Waals surface area (Å²) in [5.74, 6) is -0.535. The molecule has 24 heavy (non-hydrogen) atoms. The first-order valence-corrected chi connectivity index (χ1v) is 8.47. The maximum absolute atomic E-state index is 13.3. The minimum Gasteiger partial charge on any atom is -0.382 e. The van der Waals surface area contributed by atoms with E-state index >= 15 is 0 Å². The number of nitrogens with one attached hydrogen (secondary N) is 1. The number of amides is 2. The average Bonchev–Trinajstić information content (AvgIpc) is 2.56. The van der Waals surface area contributed by atoms with Crippen molar-refractivity contribution < 1.29 is 18.7 Å². The molecule has 5 nitrogen and oxygen atoms in total. The summed E-state index contributed by atoms with van der Waals surface area (Å²) in [5.41, 5.74) is 0.737. The fraction of sp³-hybridized carbons (Fsp3) is 0.556. The third kappa shape index (κ3) is 5.60. The van der Waals surface area contributed by atoms with Gasteiger partial charge in [-0.3, -0.25) is 9.59 Å². The Morgan fingerprint density at radius 3 is 3.04 bits per heavy atom. The van der Waals surface area contributed by atoms with Crippen molar-refractivity contribution in [2.75, 3.05) is 26.3 Å². The number of likely N-dealkylation sites (tertiary alicyclic amines) is 1. The Kier molecular flexibility index (Phi) is 7.18. The zero-order valence-corrected chi connectivity index (χ0v) is 14.1. The molecule has 1 aromatic carbocycles. The van der Waals surface area contributed by atoms with Crippen molar-refractivity contribution >= 4 is 11.8 Å². The number of carbonyl (C=O) groups excluding carboxylic acids is 2. The molecule has 1 atom stereocenters. The Morgan fingerprint density at radius 2 is 2.29 bits per heavy atom. The van der Waals surface area contributed by atoms with Crippen molar-refractivity contribution in [3.05, 3.63) is 35.6 Å². The van der Waals surface area contributed by atoms with Gasteiger partial charge < -0.3 is 15.0 Å². The molecule has 0 unspecified atom stereocenters. The maximum atomic E-state index is 13.3. The van der Waals surface area contributed by atoms with Gasteiger partial charge in [-0.25, -0.2) is 4.39 Å². The quantitative estimate of drug-likeness (QED) is 0.740. The number of ether oxygens (including phenoxy) is 1. The van der Waals surface area contributed by atoms with Gasteiger partial charge in [-0.1, -0.05) is 12.1 Å². The highest BCUT2D eigenvalue weighted by molar-refractivity contribution is 5.83. The van der Waals surface area contributed by atoms with Gasteiger partial charge >= 0.3 is 0 Å². The van der Waals surface area contributed by atoms with Crippen molar-refractivity contribution in [1.82, 2.24) is 10.2 Å². The summed E-state index contributed by atoms with van der Waals surface area (Å²) in [4.78, 5) is 25.9. The van der Waals surface area contributed by atoms with E-state index in [9.17, 15) is 14.0 Å². The summed E-state index contributed by atoms with van der Waals surface area (Å²) < 4.78 is 18.5. The second kappa shape index (κ2) is 9.37. The molecule has 1 aliphatic heterocycles. The van der Waals surface area contributed by atoms with Crippen LogP contribution in [-0.2, 0) is 20.9 Å². The number of benzene rings is 1. The Hall–Kier alpha value is -1.95. The summed E-state index contributed by atoms with van der Waals surface area (Å²) in [6, 6.07) is 6.21. The van der Waals surface area contributed by atoms with E-state index < -0.39 is 0 Å². The Bertz CT molecular complexity index is 565. The van der Waals surface area contributed by atoms with Crippen molar-refractivity contribution in [3.8, 4) is 0 Å². The normalized spacial score (nSPS) is 17.8. The molecule has 1 N–H and O–H groups in total. The molecule has 0 aliphatic carbocycles. The lowest BCUT2D eigenvalue weighted by molar-refractivity contribution is -0.138. The van der Waals surface area contributed by atoms with Crippen LogP contribution in [0.25, 0.3) is 0 Å². The topological polar surface area (TPSA) is 58.6 Å². The summed E-state index contributed by atoms with van der Waals surface area (Å²) in [7, 11) is 0. The van der Waals surface area contributed by atoms with Gasteiger partial charge in [-0.05, 0) is 37.5 Å². The van der Waals surface area contributed by atoms with Gasteiger partial charge in [-0.2, -0.15) is 0 Å². The molecule has 132 valence electrons. The number of nitrogens with zero attached hydrogens (tertiary/aromatic N) is 1. The molecule has 0 saturated carbocycles. The Morgan fingerprint density at radius 1 is 1.46 bits per heavy atom. The number of halogens is 1. The molecule has 6 heteroatoms. The molecule has 1 heterocycles. The number of piperidine rings is 1. The van der Waals surface area contributed by atoms with Gasteiger partial charge in [0.15, 0.2) is 0 Å². The van der Waals surface area contributed by atoms with E-state index in [1.165, 1.54) is 12.1 Å². The van der Waals surface area contributed by atoms with Gasteiger partial charge in [0.2, 0.25) is 11.8 Å². The molecule has 0 bridgehead atoms. The van der Waals surface area contributed by atoms with Crippen LogP contribution in [0, 0.1) is 11.7 Å². The van der Waals surface area contributed by atoms with Crippen molar-refractivity contribution in [2.24, 2.45) is 5.92 Å². The lowest BCUT2D eigenvalue weighted by atomic mass is 9.96. The second-order valence-electron chi connectivity index (χ2n) is 5.98. The van der Waals surface area contributed by atoms with Crippen LogP contribution in [0.1, 0.15) is 31.7 Å². The number of hydrogen-bond acceptors (Lipinski definition) is 3. The first kappa shape index (κ1) is 18.4. The molecule has 1 aliphatic rings. The van der Waals surface area contributed by atoms with E-state index in [4.69, 9.17) is 4.74 Å². The number of rotatable bonds is 8. The van der Waals surface area contributed by atoms with Crippen LogP contribution in [0.3, 0.4) is 0 Å². The maximum Gasteiger partial charge on any atom is 0.224 e. The minimum atomic E-state index is -0.319. The summed E-state index contributed by atoms with van der Waals surface area (Å²) in [5, 5.41) is 2.90. The first-order valence-electron chi connectivity index (χ1n) is 8.47. The highest BCUT2D eigenvalue weighted by atomic mass is 19.1. The highest BCUT2D eigenvalue weighted by Crippen LogP contribution is 2.20. The van der Waals surface area contributed by atoms with Crippen LogP contribution < -0.4 is 5.32 Å². The molecule has 2 amide bonds. The lowest BCUT2D eigenvalue weighted by Gasteiger charge is -2.32. The van der Waals surface area contributed by atoms with Gasteiger partial charge in [-0.15, -0.1) is 0 Å². The Balaban J connectivity index is 1.83. The van der Waals surface area contributed by atoms with Crippen LogP contribution in [0.4, 0.5) is 4.39 Å². The van der Waals surface area contributed by atoms with Crippen molar-refractivity contribution in [3.63, 3.8) is 0 Å². The second-order valence-corrected chi connectivity index (χ2v) is 5.98. The molecule has 0 aromatic heterocycles. The number of carbonyl (C=O) groups is 2. The van der Waals surface area contributed by atoms with E-state index in [1.807, 2.05) is 6.92 Å². The molecule has 0 spiro atoms. The van der Waals surface area contributed by atoms with Gasteiger partial charge in [0.25, 0.3) is 0 Å². The van der Waals surface area contributed by atoms with Gasteiger partial charge in [0.1, 0.15) is 5.82 Å². The average molecular weight is 336 g/mol. The van der Waals surface area contributed by atoms with Crippen LogP contribution in [-0.4, -0.2) is 43.0 Å². The van der Waals surface area contributed by atoms with E-state index in [1.54, 1.807) is 17.0 Å². The number of hydrogen-bond donors (Lipinski definition) is 1. The molecule has 2 rings (SSSR count). The lowest BCUT2D eigenvalue weighted by Crippen LogP contribution is -2.45. The van der Waals surface area contributed by atoms with E-state index in [2.05, 4.69) is 5.32 Å². The van der Waals surface area contributed by atoms with Crippen LogP contribution >= 0.6 is 0 Å². The molecular formula is C18H25FN2O3. The summed E-state index contributed by atoms with van der Waals surface area (Å²) >= 11 is 0. The predicted octanol–water partition coefficient (Wildman–Crippen LogP) is 2.11. The van der Waals surface area contributed by atoms with E-state index in [-0.39, 0.29) is 23.5 Å². The smallest absolute Gasteiger partial charge is 0.224 e. The monoisotopic (exact) mass is 336 g/mol. The largest absolute Gasteiger partial charge is 0.382 e. The molecule has 1 saturated heterocycles. The van der Waals surface area contributed by atoms with Crippen molar-refractivity contribution in [2.45, 2.75) is 32.7 Å². The summed E-state index contributed by atoms with van der Waals surface area (Å²) in [6.45, 7) is 4.54. The van der Waals surface area contributed by atoms with E-state index in [0.29, 0.717) is 45.7 Å². The molecule has 0 radical (unpaired) electrons. The summed E-state index contributed by atoms with van der Waals surface area (Å²) in [6.07, 6.45) is 1.69. The third-order valence-corrected chi connectivity index (χ3v) is 4.10. The Labute approximate surface area is 142 Å². The van der Waals surface area contributed by atoms with Crippen LogP contribution in [0.2, 0.25) is 0 Å². The third-order valence-electron chi connectivity index (χ3n) is 4.10. The molecular weight excluding hydrogens is 311 g/mol. The van der Waals surface area contributed by atoms with Crippen molar-refractivity contribution in [1.29, 1.82) is 0 Å². The first-order chi connectivity index (χ1) is 11.6. The predicted molar refractivity (Wildman–Crippen MR) is 88.7 cm³/mol. The molecule has 1 fully saturated rings. The fourth-order valence-electron chi connectivity index (χ4n) is 2.81. The van der Waals surface area contributed by atoms with Gasteiger partial charge in [0.05, 0.1) is 5.92 Å². The van der Waals surface area contributed by atoms with Crippen LogP contribution in [0.5, 0.6) is 0 Å². The zero-order chi connectivity index (χ0) is 17.4. The minimum absolute atomic E-state index is 0.0136. The van der Waals surface area contributed by atoms with Crippen LogP contribution in [0.15, 0.2) is 24.3 Å². The SMILES string of the molecule is CCOCCCNC(=O)[C@H]1CCC(=O)N(Cc2cccc(F)c2)C1.